The largest absolute Gasteiger partial charge is 0.480 e. The number of nitrogens with one attached hydrogen (secondary N) is 2. The number of carboxylic acid groups (broad SMARTS) is 1. The Morgan fingerprint density at radius 1 is 1.47 bits per heavy atom. The number of amides is 2. The zero-order chi connectivity index (χ0) is 11.7. The number of rotatable bonds is 5. The summed E-state index contributed by atoms with van der Waals surface area (Å²) in [6.07, 6.45) is 0.501. The van der Waals surface area contributed by atoms with Crippen molar-refractivity contribution in [2.75, 3.05) is 13.2 Å². The highest BCUT2D eigenvalue weighted by Gasteiger charge is 2.17. The third-order valence-corrected chi connectivity index (χ3v) is 1.50. The molecule has 0 aromatic rings. The van der Waals surface area contributed by atoms with Crippen LogP contribution >= 0.6 is 0 Å². The smallest absolute Gasteiger partial charge is 0.328 e. The maximum absolute atomic E-state index is 11.0. The van der Waals surface area contributed by atoms with Gasteiger partial charge in [-0.05, 0) is 6.92 Å². The molecule has 0 spiro atoms. The molecule has 0 radical (unpaired) electrons. The lowest BCUT2D eigenvalue weighted by Gasteiger charge is -2.11. The summed E-state index contributed by atoms with van der Waals surface area (Å²) in [5.74, 6) is 4.11. The average Bonchev–Trinajstić information content (AvgIpc) is 2.20. The van der Waals surface area contributed by atoms with Crippen LogP contribution in [0.2, 0.25) is 0 Å². The fraction of sp³-hybridized carbons (Fsp3) is 0.556. The van der Waals surface area contributed by atoms with Crippen LogP contribution in [-0.2, 0) is 4.79 Å². The van der Waals surface area contributed by atoms with E-state index in [4.69, 9.17) is 10.2 Å². The monoisotopic (exact) mass is 214 g/mol. The second-order valence-corrected chi connectivity index (χ2v) is 2.65. The number of carbonyl (C=O) groups is 2. The second-order valence-electron chi connectivity index (χ2n) is 2.65. The van der Waals surface area contributed by atoms with Crippen LogP contribution in [0.1, 0.15) is 13.3 Å². The van der Waals surface area contributed by atoms with Gasteiger partial charge in [-0.15, -0.1) is 11.8 Å². The van der Waals surface area contributed by atoms with Gasteiger partial charge in [0.25, 0.3) is 0 Å². The molecule has 0 aliphatic rings. The van der Waals surface area contributed by atoms with Crippen molar-refractivity contribution in [1.82, 2.24) is 10.6 Å². The first-order chi connectivity index (χ1) is 7.11. The van der Waals surface area contributed by atoms with Crippen LogP contribution in [0.15, 0.2) is 0 Å². The summed E-state index contributed by atoms with van der Waals surface area (Å²) in [7, 11) is 0. The van der Waals surface area contributed by atoms with Gasteiger partial charge in [-0.3, -0.25) is 0 Å². The van der Waals surface area contributed by atoms with Gasteiger partial charge < -0.3 is 20.8 Å². The first kappa shape index (κ1) is 13.3. The number of aliphatic carboxylic acids is 1. The van der Waals surface area contributed by atoms with Crippen molar-refractivity contribution in [3.63, 3.8) is 0 Å². The Labute approximate surface area is 87.7 Å². The Morgan fingerprint density at radius 3 is 2.60 bits per heavy atom. The van der Waals surface area contributed by atoms with Crippen molar-refractivity contribution in [2.45, 2.75) is 19.4 Å². The van der Waals surface area contributed by atoms with Crippen LogP contribution in [0.25, 0.3) is 0 Å². The van der Waals surface area contributed by atoms with Gasteiger partial charge in [0.2, 0.25) is 0 Å². The quantitative estimate of drug-likeness (QED) is 0.353. The zero-order valence-electron chi connectivity index (χ0n) is 8.41. The molecule has 0 bridgehead atoms. The van der Waals surface area contributed by atoms with Crippen molar-refractivity contribution < 1.29 is 19.8 Å². The number of carboxylic acids is 1. The molecule has 1 atom stereocenters. The minimum atomic E-state index is -1.28. The minimum Gasteiger partial charge on any atom is -0.480 e. The Bertz CT molecular complexity index is 280. The maximum Gasteiger partial charge on any atom is 0.328 e. The van der Waals surface area contributed by atoms with Crippen LogP contribution in [0.4, 0.5) is 4.79 Å². The van der Waals surface area contributed by atoms with E-state index in [0.717, 1.165) is 0 Å². The topological polar surface area (TPSA) is 98.7 Å². The lowest BCUT2D eigenvalue weighted by molar-refractivity contribution is -0.140. The van der Waals surface area contributed by atoms with Gasteiger partial charge in [-0.25, -0.2) is 9.59 Å². The molecular weight excluding hydrogens is 200 g/mol. The van der Waals surface area contributed by atoms with Gasteiger partial charge in [0, 0.05) is 13.0 Å². The molecular formula is C9H14N2O4. The Hall–Kier alpha value is -1.74. The molecule has 4 N–H and O–H groups in total. The molecule has 0 aliphatic carbocycles. The van der Waals surface area contributed by atoms with E-state index in [0.29, 0.717) is 13.0 Å². The molecule has 0 rings (SSSR count). The molecule has 1 unspecified atom stereocenters. The van der Waals surface area contributed by atoms with Gasteiger partial charge in [-0.2, -0.15) is 0 Å². The SMILES string of the molecule is CC#CCCNC(=O)NC(CO)C(=O)O. The van der Waals surface area contributed by atoms with Crippen molar-refractivity contribution in [3.8, 4) is 11.8 Å². The van der Waals surface area contributed by atoms with Gasteiger partial charge in [0.15, 0.2) is 6.04 Å². The van der Waals surface area contributed by atoms with E-state index in [1.54, 1.807) is 6.92 Å². The Kier molecular flexibility index (Phi) is 6.76. The fourth-order valence-electron chi connectivity index (χ4n) is 0.758. The maximum atomic E-state index is 11.0. The summed E-state index contributed by atoms with van der Waals surface area (Å²) in [5, 5.41) is 21.6. The average molecular weight is 214 g/mol. The van der Waals surface area contributed by atoms with Gasteiger partial charge in [-0.1, -0.05) is 0 Å². The molecule has 0 aliphatic heterocycles. The summed E-state index contributed by atoms with van der Waals surface area (Å²) in [6.45, 7) is 1.38. The highest BCUT2D eigenvalue weighted by molar-refractivity contribution is 5.82. The highest BCUT2D eigenvalue weighted by Crippen LogP contribution is 1.82. The first-order valence-electron chi connectivity index (χ1n) is 4.39. The molecule has 0 heterocycles. The predicted molar refractivity (Wildman–Crippen MR) is 53.1 cm³/mol. The van der Waals surface area contributed by atoms with Crippen molar-refractivity contribution in [1.29, 1.82) is 0 Å². The number of aliphatic hydroxyl groups excluding tert-OH is 1. The summed E-state index contributed by atoms with van der Waals surface area (Å²) >= 11 is 0. The first-order valence-corrected chi connectivity index (χ1v) is 4.39. The Morgan fingerprint density at radius 2 is 2.13 bits per heavy atom. The number of hydrogen-bond donors (Lipinski definition) is 4. The molecule has 15 heavy (non-hydrogen) atoms. The second kappa shape index (κ2) is 7.64. The number of hydrogen-bond acceptors (Lipinski definition) is 3. The molecule has 84 valence electrons. The molecule has 0 aromatic heterocycles. The fourth-order valence-corrected chi connectivity index (χ4v) is 0.758. The minimum absolute atomic E-state index is 0.338. The van der Waals surface area contributed by atoms with Crippen LogP contribution in [-0.4, -0.2) is 41.4 Å². The summed E-state index contributed by atoms with van der Waals surface area (Å²) in [5.41, 5.74) is 0. The normalized spacial score (nSPS) is 10.8. The molecule has 0 saturated heterocycles. The van der Waals surface area contributed by atoms with Gasteiger partial charge >= 0.3 is 12.0 Å². The third kappa shape index (κ3) is 6.35. The molecule has 0 aromatic carbocycles. The molecule has 0 fully saturated rings. The third-order valence-electron chi connectivity index (χ3n) is 1.50. The summed E-state index contributed by atoms with van der Waals surface area (Å²) < 4.78 is 0. The van der Waals surface area contributed by atoms with E-state index in [1.807, 2.05) is 0 Å². The van der Waals surface area contributed by atoms with Gasteiger partial charge in [0.1, 0.15) is 0 Å². The number of urea groups is 1. The van der Waals surface area contributed by atoms with Crippen LogP contribution in [0.5, 0.6) is 0 Å². The number of aliphatic hydroxyl groups is 1. The van der Waals surface area contributed by atoms with E-state index in [9.17, 15) is 9.59 Å². The van der Waals surface area contributed by atoms with E-state index < -0.39 is 24.6 Å². The molecule has 6 nitrogen and oxygen atoms in total. The van der Waals surface area contributed by atoms with E-state index >= 15 is 0 Å². The Balaban J connectivity index is 3.79. The van der Waals surface area contributed by atoms with Crippen LogP contribution in [0.3, 0.4) is 0 Å². The molecule has 0 saturated carbocycles. The van der Waals surface area contributed by atoms with Crippen LogP contribution in [0, 0.1) is 11.8 Å². The van der Waals surface area contributed by atoms with E-state index in [-0.39, 0.29) is 0 Å². The number of carbonyl (C=O) groups excluding carboxylic acids is 1. The molecule has 6 heteroatoms. The summed E-state index contributed by atoms with van der Waals surface area (Å²) in [4.78, 5) is 21.5. The van der Waals surface area contributed by atoms with Gasteiger partial charge in [0.05, 0.1) is 6.61 Å². The van der Waals surface area contributed by atoms with Crippen LogP contribution < -0.4 is 10.6 Å². The predicted octanol–water partition coefficient (Wildman–Crippen LogP) is -0.855. The van der Waals surface area contributed by atoms with Crippen molar-refractivity contribution in [2.24, 2.45) is 0 Å². The van der Waals surface area contributed by atoms with E-state index in [1.165, 1.54) is 0 Å². The molecule has 2 amide bonds. The van der Waals surface area contributed by atoms with E-state index in [2.05, 4.69) is 22.5 Å². The highest BCUT2D eigenvalue weighted by atomic mass is 16.4. The lowest BCUT2D eigenvalue weighted by Crippen LogP contribution is -2.48. The summed E-state index contributed by atoms with van der Waals surface area (Å²) in [6, 6.07) is -1.91. The van der Waals surface area contributed by atoms with Crippen molar-refractivity contribution in [3.05, 3.63) is 0 Å². The lowest BCUT2D eigenvalue weighted by atomic mass is 10.3. The standard InChI is InChI=1S/C9H14N2O4/c1-2-3-4-5-10-9(15)11-7(6-12)8(13)14/h7,12H,4-6H2,1H3,(H,13,14)(H2,10,11,15). The van der Waals surface area contributed by atoms with Crippen molar-refractivity contribution >= 4 is 12.0 Å². The zero-order valence-corrected chi connectivity index (χ0v) is 8.41.